The maximum Gasteiger partial charge on any atom is 0.323 e. The molecule has 1 aliphatic rings. The summed E-state index contributed by atoms with van der Waals surface area (Å²) >= 11 is 0. The molecule has 0 unspecified atom stereocenters. The molecule has 0 saturated heterocycles. The van der Waals surface area contributed by atoms with Gasteiger partial charge in [0.25, 0.3) is 0 Å². The lowest BCUT2D eigenvalue weighted by Crippen LogP contribution is -2.48. The van der Waals surface area contributed by atoms with Crippen molar-refractivity contribution in [3.63, 3.8) is 0 Å². The van der Waals surface area contributed by atoms with Crippen LogP contribution in [0.25, 0.3) is 0 Å². The first-order valence-corrected chi connectivity index (χ1v) is 9.27. The van der Waals surface area contributed by atoms with Gasteiger partial charge in [0.15, 0.2) is 5.41 Å². The maximum absolute atomic E-state index is 13.0. The smallest absolute Gasteiger partial charge is 0.323 e. The van der Waals surface area contributed by atoms with Crippen molar-refractivity contribution in [1.82, 2.24) is 0 Å². The zero-order valence-electron chi connectivity index (χ0n) is 16.7. The van der Waals surface area contributed by atoms with Crippen molar-refractivity contribution in [1.29, 1.82) is 0 Å². The summed E-state index contributed by atoms with van der Waals surface area (Å²) in [4.78, 5) is 25.9. The highest BCUT2D eigenvalue weighted by Crippen LogP contribution is 2.45. The molecule has 0 bridgehead atoms. The molecule has 0 aromatic rings. The van der Waals surface area contributed by atoms with E-state index in [1.165, 1.54) is 0 Å². The van der Waals surface area contributed by atoms with Gasteiger partial charge in [0.1, 0.15) is 0 Å². The molecule has 140 valence electrons. The van der Waals surface area contributed by atoms with Crippen LogP contribution in [-0.2, 0) is 19.1 Å². The average Bonchev–Trinajstić information content (AvgIpc) is 2.97. The summed E-state index contributed by atoms with van der Waals surface area (Å²) in [7, 11) is 0. The Morgan fingerprint density at radius 2 is 1.21 bits per heavy atom. The first kappa shape index (κ1) is 21.0. The Kier molecular flexibility index (Phi) is 6.89. The van der Waals surface area contributed by atoms with Crippen LogP contribution in [0.4, 0.5) is 0 Å². The number of ether oxygens (including phenoxy) is 2. The van der Waals surface area contributed by atoms with Crippen molar-refractivity contribution < 1.29 is 19.1 Å². The Morgan fingerprint density at radius 1 is 0.833 bits per heavy atom. The van der Waals surface area contributed by atoms with Crippen molar-refractivity contribution in [2.75, 3.05) is 13.2 Å². The fourth-order valence-electron chi connectivity index (χ4n) is 3.23. The van der Waals surface area contributed by atoms with Gasteiger partial charge in [-0.3, -0.25) is 9.59 Å². The van der Waals surface area contributed by atoms with Crippen molar-refractivity contribution in [3.8, 4) is 0 Å². The lowest BCUT2D eigenvalue weighted by Gasteiger charge is -2.35. The average molecular weight is 341 g/mol. The highest BCUT2D eigenvalue weighted by molar-refractivity contribution is 6.00. The molecule has 1 rings (SSSR count). The summed E-state index contributed by atoms with van der Waals surface area (Å²) in [5.74, 6) is -0.765. The predicted molar refractivity (Wildman–Crippen MR) is 95.5 cm³/mol. The largest absolute Gasteiger partial charge is 0.464 e. The number of hydrogen-bond donors (Lipinski definition) is 0. The van der Waals surface area contributed by atoms with Crippen molar-refractivity contribution >= 4 is 11.9 Å². The molecule has 4 heteroatoms. The maximum atomic E-state index is 13.0. The van der Waals surface area contributed by atoms with E-state index in [2.05, 4.69) is 0 Å². The summed E-state index contributed by atoms with van der Waals surface area (Å²) in [6.45, 7) is 14.6. The van der Waals surface area contributed by atoms with E-state index in [4.69, 9.17) is 9.47 Å². The zero-order valence-corrected chi connectivity index (χ0v) is 16.7. The lowest BCUT2D eigenvalue weighted by atomic mass is 9.72. The molecule has 0 amide bonds. The Hall–Kier alpha value is -1.06. The highest BCUT2D eigenvalue weighted by Gasteiger charge is 2.54. The quantitative estimate of drug-likeness (QED) is 0.517. The summed E-state index contributed by atoms with van der Waals surface area (Å²) in [6, 6.07) is 0. The van der Waals surface area contributed by atoms with Gasteiger partial charge in [0.2, 0.25) is 0 Å². The molecule has 0 aromatic heterocycles. The van der Waals surface area contributed by atoms with Crippen LogP contribution < -0.4 is 0 Å². The van der Waals surface area contributed by atoms with Gasteiger partial charge in [-0.1, -0.05) is 61.3 Å². The summed E-state index contributed by atoms with van der Waals surface area (Å²) < 4.78 is 11.2. The Morgan fingerprint density at radius 3 is 1.50 bits per heavy atom. The van der Waals surface area contributed by atoms with E-state index >= 15 is 0 Å². The van der Waals surface area contributed by atoms with E-state index < -0.39 is 17.4 Å². The molecule has 0 aliphatic heterocycles. The third kappa shape index (κ3) is 5.49. The lowest BCUT2D eigenvalue weighted by molar-refractivity contribution is -0.181. The highest BCUT2D eigenvalue weighted by atomic mass is 16.6. The number of carbonyl (C=O) groups is 2. The predicted octanol–water partition coefficient (Wildman–Crippen LogP) is 4.75. The SMILES string of the molecule is CCC(C(=O)OCC(C)(C)C)(C(=O)OCC(C)(C)C)C1CCCC1. The van der Waals surface area contributed by atoms with Gasteiger partial charge in [0.05, 0.1) is 13.2 Å². The van der Waals surface area contributed by atoms with Gasteiger partial charge in [-0.15, -0.1) is 0 Å². The molecule has 0 heterocycles. The first-order valence-electron chi connectivity index (χ1n) is 9.27. The Labute approximate surface area is 147 Å². The summed E-state index contributed by atoms with van der Waals surface area (Å²) in [5.41, 5.74) is -1.40. The van der Waals surface area contributed by atoms with Crippen LogP contribution in [0, 0.1) is 22.2 Å². The van der Waals surface area contributed by atoms with E-state index in [1.54, 1.807) is 0 Å². The molecule has 0 radical (unpaired) electrons. The van der Waals surface area contributed by atoms with Crippen LogP contribution in [0.5, 0.6) is 0 Å². The van der Waals surface area contributed by atoms with Gasteiger partial charge in [0, 0.05) is 0 Å². The van der Waals surface area contributed by atoms with Gasteiger partial charge in [-0.2, -0.15) is 0 Å². The van der Waals surface area contributed by atoms with E-state index in [0.29, 0.717) is 19.6 Å². The third-order valence-corrected chi connectivity index (χ3v) is 4.61. The Balaban J connectivity index is 3.01. The fraction of sp³-hybridized carbons (Fsp3) is 0.900. The summed E-state index contributed by atoms with van der Waals surface area (Å²) in [6.07, 6.45) is 4.34. The molecular formula is C20H36O4. The number of hydrogen-bond acceptors (Lipinski definition) is 4. The molecule has 0 atom stereocenters. The molecule has 1 fully saturated rings. The Bertz CT molecular complexity index is 404. The molecule has 0 aromatic carbocycles. The molecule has 4 nitrogen and oxygen atoms in total. The van der Waals surface area contributed by atoms with E-state index in [0.717, 1.165) is 25.7 Å². The van der Waals surface area contributed by atoms with Crippen molar-refractivity contribution in [3.05, 3.63) is 0 Å². The van der Waals surface area contributed by atoms with Gasteiger partial charge in [-0.05, 0) is 36.0 Å². The van der Waals surface area contributed by atoms with Crippen LogP contribution in [0.15, 0.2) is 0 Å². The minimum Gasteiger partial charge on any atom is -0.464 e. The fourth-order valence-corrected chi connectivity index (χ4v) is 3.23. The molecule has 0 spiro atoms. The van der Waals surface area contributed by atoms with E-state index in [9.17, 15) is 9.59 Å². The summed E-state index contributed by atoms with van der Waals surface area (Å²) in [5, 5.41) is 0. The number of carbonyl (C=O) groups excluding carboxylic acids is 2. The van der Waals surface area contributed by atoms with Crippen LogP contribution >= 0.6 is 0 Å². The second kappa shape index (κ2) is 7.88. The zero-order chi connectivity index (χ0) is 18.6. The topological polar surface area (TPSA) is 52.6 Å². The molecule has 24 heavy (non-hydrogen) atoms. The van der Waals surface area contributed by atoms with Gasteiger partial charge < -0.3 is 9.47 Å². The monoisotopic (exact) mass is 340 g/mol. The second-order valence-corrected chi connectivity index (χ2v) is 9.58. The van der Waals surface area contributed by atoms with Crippen LogP contribution in [-0.4, -0.2) is 25.2 Å². The van der Waals surface area contributed by atoms with Crippen LogP contribution in [0.1, 0.15) is 80.6 Å². The van der Waals surface area contributed by atoms with Crippen LogP contribution in [0.3, 0.4) is 0 Å². The van der Waals surface area contributed by atoms with Gasteiger partial charge in [-0.25, -0.2) is 0 Å². The normalized spacial score (nSPS) is 17.0. The number of rotatable bonds is 6. The molecule has 1 aliphatic carbocycles. The third-order valence-electron chi connectivity index (χ3n) is 4.61. The first-order chi connectivity index (χ1) is 10.9. The molecular weight excluding hydrogens is 304 g/mol. The van der Waals surface area contributed by atoms with Crippen molar-refractivity contribution in [2.45, 2.75) is 80.6 Å². The standard InChI is InChI=1S/C20H36O4/c1-8-20(15-11-9-10-12-15,16(21)23-13-18(2,3)4)17(22)24-14-19(5,6)7/h15H,8-14H2,1-7H3. The van der Waals surface area contributed by atoms with E-state index in [-0.39, 0.29) is 16.7 Å². The number of esters is 2. The van der Waals surface area contributed by atoms with E-state index in [1.807, 2.05) is 48.5 Å². The van der Waals surface area contributed by atoms with Crippen molar-refractivity contribution in [2.24, 2.45) is 22.2 Å². The van der Waals surface area contributed by atoms with Crippen LogP contribution in [0.2, 0.25) is 0 Å². The molecule has 1 saturated carbocycles. The second-order valence-electron chi connectivity index (χ2n) is 9.58. The minimum atomic E-state index is -1.15. The molecule has 0 N–H and O–H groups in total. The van der Waals surface area contributed by atoms with Gasteiger partial charge >= 0.3 is 11.9 Å². The minimum absolute atomic E-state index is 0.0300.